The number of aromatic nitrogens is 2. The number of benzene rings is 1. The van der Waals surface area contributed by atoms with E-state index in [1.807, 2.05) is 12.3 Å². The van der Waals surface area contributed by atoms with Crippen LogP contribution < -0.4 is 14.8 Å². The van der Waals surface area contributed by atoms with Gasteiger partial charge in [-0.3, -0.25) is 4.79 Å². The van der Waals surface area contributed by atoms with Gasteiger partial charge in [-0.15, -0.1) is 10.2 Å². The van der Waals surface area contributed by atoms with Gasteiger partial charge in [0.25, 0.3) is 0 Å². The van der Waals surface area contributed by atoms with Gasteiger partial charge in [0.15, 0.2) is 15.8 Å². The molecule has 1 aromatic heterocycles. The van der Waals surface area contributed by atoms with Crippen molar-refractivity contribution in [2.24, 2.45) is 0 Å². The van der Waals surface area contributed by atoms with Crippen LogP contribution in [0.5, 0.6) is 11.5 Å². The SMILES string of the molecule is COc1ccc(CC(=O)Nc2nnc(SC)s2)cc1OC. The summed E-state index contributed by atoms with van der Waals surface area (Å²) in [5.41, 5.74) is 0.833. The van der Waals surface area contributed by atoms with Crippen LogP contribution in [0.4, 0.5) is 5.13 Å². The molecule has 0 fully saturated rings. The molecular weight excluding hydrogens is 310 g/mol. The van der Waals surface area contributed by atoms with Crippen LogP contribution >= 0.6 is 23.1 Å². The van der Waals surface area contributed by atoms with E-state index in [-0.39, 0.29) is 12.3 Å². The number of hydrogen-bond donors (Lipinski definition) is 1. The Morgan fingerprint density at radius 1 is 1.29 bits per heavy atom. The van der Waals surface area contributed by atoms with Crippen LogP contribution in [-0.2, 0) is 11.2 Å². The van der Waals surface area contributed by atoms with E-state index in [0.29, 0.717) is 16.6 Å². The minimum atomic E-state index is -0.147. The molecule has 1 aromatic carbocycles. The molecule has 6 nitrogen and oxygen atoms in total. The number of methoxy groups -OCH3 is 2. The quantitative estimate of drug-likeness (QED) is 0.650. The summed E-state index contributed by atoms with van der Waals surface area (Å²) in [7, 11) is 3.13. The molecule has 1 N–H and O–H groups in total. The third-order valence-electron chi connectivity index (χ3n) is 2.64. The van der Waals surface area contributed by atoms with E-state index in [4.69, 9.17) is 9.47 Å². The first-order chi connectivity index (χ1) is 10.2. The lowest BCUT2D eigenvalue weighted by Crippen LogP contribution is -2.14. The van der Waals surface area contributed by atoms with Crippen molar-refractivity contribution in [1.82, 2.24) is 10.2 Å². The highest BCUT2D eigenvalue weighted by atomic mass is 32.2. The van der Waals surface area contributed by atoms with Crippen LogP contribution in [0, 0.1) is 0 Å². The van der Waals surface area contributed by atoms with Gasteiger partial charge in [-0.2, -0.15) is 0 Å². The Labute approximate surface area is 130 Å². The van der Waals surface area contributed by atoms with Gasteiger partial charge in [0.1, 0.15) is 0 Å². The number of amides is 1. The normalized spacial score (nSPS) is 10.2. The van der Waals surface area contributed by atoms with Crippen LogP contribution in [0.1, 0.15) is 5.56 Å². The Hall–Kier alpha value is -1.80. The van der Waals surface area contributed by atoms with E-state index < -0.39 is 0 Å². The van der Waals surface area contributed by atoms with Gasteiger partial charge in [-0.25, -0.2) is 0 Å². The van der Waals surface area contributed by atoms with E-state index in [1.165, 1.54) is 23.1 Å². The molecule has 1 amide bonds. The average Bonchev–Trinajstić information content (AvgIpc) is 2.94. The highest BCUT2D eigenvalue weighted by Gasteiger charge is 2.11. The predicted octanol–water partition coefficient (Wildman–Crippen LogP) is 2.46. The van der Waals surface area contributed by atoms with Gasteiger partial charge in [0.2, 0.25) is 11.0 Å². The van der Waals surface area contributed by atoms with E-state index >= 15 is 0 Å². The summed E-state index contributed by atoms with van der Waals surface area (Å²) in [4.78, 5) is 12.0. The van der Waals surface area contributed by atoms with Crippen LogP contribution in [0.15, 0.2) is 22.5 Å². The van der Waals surface area contributed by atoms with Crippen molar-refractivity contribution in [2.45, 2.75) is 10.8 Å². The summed E-state index contributed by atoms with van der Waals surface area (Å²) in [5.74, 6) is 1.09. The third-order valence-corrected chi connectivity index (χ3v) is 4.45. The number of thioether (sulfide) groups is 1. The first-order valence-corrected chi connectivity index (χ1v) is 8.08. The molecule has 0 unspecified atom stereocenters. The first kappa shape index (κ1) is 15.6. The highest BCUT2D eigenvalue weighted by Crippen LogP contribution is 2.28. The van der Waals surface area contributed by atoms with Gasteiger partial charge in [-0.1, -0.05) is 29.2 Å². The zero-order valence-corrected chi connectivity index (χ0v) is 13.5. The van der Waals surface area contributed by atoms with Crippen molar-refractivity contribution in [1.29, 1.82) is 0 Å². The molecule has 0 saturated heterocycles. The second kappa shape index (κ2) is 7.28. The van der Waals surface area contributed by atoms with Crippen molar-refractivity contribution in [3.63, 3.8) is 0 Å². The summed E-state index contributed by atoms with van der Waals surface area (Å²) >= 11 is 2.84. The maximum absolute atomic E-state index is 12.0. The minimum Gasteiger partial charge on any atom is -0.493 e. The monoisotopic (exact) mass is 325 g/mol. The molecule has 0 saturated carbocycles. The third kappa shape index (κ3) is 4.08. The number of ether oxygens (including phenoxy) is 2. The second-order valence-corrected chi connectivity index (χ2v) is 6.02. The molecule has 0 aliphatic heterocycles. The first-order valence-electron chi connectivity index (χ1n) is 6.04. The van der Waals surface area contributed by atoms with Crippen molar-refractivity contribution in [3.05, 3.63) is 23.8 Å². The Balaban J connectivity index is 2.02. The van der Waals surface area contributed by atoms with Crippen LogP contribution in [0.2, 0.25) is 0 Å². The number of hydrogen-bond acceptors (Lipinski definition) is 7. The lowest BCUT2D eigenvalue weighted by atomic mass is 10.1. The number of carbonyl (C=O) groups excluding carboxylic acids is 1. The zero-order chi connectivity index (χ0) is 15.2. The topological polar surface area (TPSA) is 73.3 Å². The molecule has 0 aliphatic rings. The van der Waals surface area contributed by atoms with E-state index in [2.05, 4.69) is 15.5 Å². The number of rotatable bonds is 6. The molecule has 2 aromatic rings. The largest absolute Gasteiger partial charge is 0.493 e. The maximum Gasteiger partial charge on any atom is 0.230 e. The molecule has 0 atom stereocenters. The van der Waals surface area contributed by atoms with E-state index in [1.54, 1.807) is 26.4 Å². The van der Waals surface area contributed by atoms with Crippen LogP contribution in [0.3, 0.4) is 0 Å². The summed E-state index contributed by atoms with van der Waals surface area (Å²) < 4.78 is 11.2. The fraction of sp³-hybridized carbons (Fsp3) is 0.308. The fourth-order valence-corrected chi connectivity index (χ4v) is 2.87. The molecule has 0 bridgehead atoms. The molecular formula is C13H15N3O3S2. The van der Waals surface area contributed by atoms with Gasteiger partial charge >= 0.3 is 0 Å². The molecule has 21 heavy (non-hydrogen) atoms. The Morgan fingerprint density at radius 3 is 2.67 bits per heavy atom. The second-order valence-electron chi connectivity index (χ2n) is 3.99. The number of nitrogens with one attached hydrogen (secondary N) is 1. The van der Waals surface area contributed by atoms with Gasteiger partial charge in [0.05, 0.1) is 20.6 Å². The van der Waals surface area contributed by atoms with Crippen LogP contribution in [-0.4, -0.2) is 36.6 Å². The summed E-state index contributed by atoms with van der Waals surface area (Å²) in [5, 5.41) is 11.1. The highest BCUT2D eigenvalue weighted by molar-refractivity contribution is 8.00. The molecule has 8 heteroatoms. The lowest BCUT2D eigenvalue weighted by Gasteiger charge is -2.09. The molecule has 0 radical (unpaired) electrons. The zero-order valence-electron chi connectivity index (χ0n) is 11.9. The van der Waals surface area contributed by atoms with Gasteiger partial charge < -0.3 is 14.8 Å². The average molecular weight is 325 g/mol. The van der Waals surface area contributed by atoms with E-state index in [9.17, 15) is 4.79 Å². The molecule has 0 aliphatic carbocycles. The van der Waals surface area contributed by atoms with Crippen molar-refractivity contribution < 1.29 is 14.3 Å². The molecule has 0 spiro atoms. The standard InChI is InChI=1S/C13H15N3O3S2/c1-18-9-5-4-8(6-10(9)19-2)7-11(17)14-12-15-16-13(20-3)21-12/h4-6H,7H2,1-3H3,(H,14,15,17). The summed E-state index contributed by atoms with van der Waals surface area (Å²) in [6.45, 7) is 0. The Morgan fingerprint density at radius 2 is 2.05 bits per heavy atom. The van der Waals surface area contributed by atoms with Crippen LogP contribution in [0.25, 0.3) is 0 Å². The summed E-state index contributed by atoms with van der Waals surface area (Å²) in [6.07, 6.45) is 2.14. The Bertz CT molecular complexity index is 631. The minimum absolute atomic E-state index is 0.147. The fourth-order valence-electron chi connectivity index (χ4n) is 1.68. The maximum atomic E-state index is 12.0. The molecule has 2 rings (SSSR count). The van der Waals surface area contributed by atoms with Gasteiger partial charge in [0, 0.05) is 0 Å². The predicted molar refractivity (Wildman–Crippen MR) is 83.6 cm³/mol. The number of nitrogens with zero attached hydrogens (tertiary/aromatic N) is 2. The van der Waals surface area contributed by atoms with Crippen molar-refractivity contribution in [3.8, 4) is 11.5 Å². The summed E-state index contributed by atoms with van der Waals surface area (Å²) in [6, 6.07) is 5.39. The molecule has 1 heterocycles. The van der Waals surface area contributed by atoms with E-state index in [0.717, 1.165) is 9.90 Å². The Kier molecular flexibility index (Phi) is 5.40. The van der Waals surface area contributed by atoms with Gasteiger partial charge in [-0.05, 0) is 24.0 Å². The smallest absolute Gasteiger partial charge is 0.230 e. The molecule has 112 valence electrons. The van der Waals surface area contributed by atoms with Crippen molar-refractivity contribution >= 4 is 34.1 Å². The van der Waals surface area contributed by atoms with Crippen molar-refractivity contribution in [2.75, 3.05) is 25.8 Å². The lowest BCUT2D eigenvalue weighted by molar-refractivity contribution is -0.115. The number of anilines is 1. The number of carbonyl (C=O) groups is 1.